The molecule has 0 aliphatic carbocycles. The number of anilines is 1. The molecule has 0 bridgehead atoms. The molecule has 1 aromatic carbocycles. The Morgan fingerprint density at radius 1 is 1.25 bits per heavy atom. The van der Waals surface area contributed by atoms with E-state index in [-0.39, 0.29) is 5.02 Å². The van der Waals surface area contributed by atoms with Gasteiger partial charge in [0.15, 0.2) is 0 Å². The molecule has 1 N–H and O–H groups in total. The third kappa shape index (κ3) is 5.24. The van der Waals surface area contributed by atoms with Crippen LogP contribution in [-0.4, -0.2) is 62.0 Å². The van der Waals surface area contributed by atoms with Crippen LogP contribution in [0.15, 0.2) is 18.2 Å². The second kappa shape index (κ2) is 8.38. The predicted octanol–water partition coefficient (Wildman–Crippen LogP) is 2.88. The highest BCUT2D eigenvalue weighted by molar-refractivity contribution is 6.31. The number of alkyl halides is 3. The highest BCUT2D eigenvalue weighted by Gasteiger charge is 2.34. The van der Waals surface area contributed by atoms with Crippen LogP contribution in [0.4, 0.5) is 18.9 Å². The fourth-order valence-corrected chi connectivity index (χ4v) is 2.95. The van der Waals surface area contributed by atoms with Crippen molar-refractivity contribution in [3.63, 3.8) is 0 Å². The van der Waals surface area contributed by atoms with Gasteiger partial charge in [-0.25, -0.2) is 0 Å². The molecule has 0 spiro atoms. The van der Waals surface area contributed by atoms with E-state index in [2.05, 4.69) is 4.90 Å². The van der Waals surface area contributed by atoms with Crippen LogP contribution in [0.25, 0.3) is 0 Å². The average Bonchev–Trinajstić information content (AvgIpc) is 2.53. The summed E-state index contributed by atoms with van der Waals surface area (Å²) in [5.41, 5.74) is -0.294. The number of hydrogen-bond acceptors (Lipinski definition) is 4. The van der Waals surface area contributed by atoms with Crippen LogP contribution in [0.1, 0.15) is 12.5 Å². The molecule has 1 aliphatic heterocycles. The quantitative estimate of drug-likeness (QED) is 0.840. The van der Waals surface area contributed by atoms with E-state index < -0.39 is 17.8 Å². The summed E-state index contributed by atoms with van der Waals surface area (Å²) in [5.74, 6) is 0. The first kappa shape index (κ1) is 19.3. The number of aliphatic hydroxyl groups is 1. The largest absolute Gasteiger partial charge is 0.417 e. The monoisotopic (exact) mass is 366 g/mol. The van der Waals surface area contributed by atoms with Gasteiger partial charge in [0.25, 0.3) is 0 Å². The van der Waals surface area contributed by atoms with Crippen molar-refractivity contribution in [1.82, 2.24) is 4.90 Å². The highest BCUT2D eigenvalue weighted by Crippen LogP contribution is 2.37. The van der Waals surface area contributed by atoms with Gasteiger partial charge < -0.3 is 14.7 Å². The van der Waals surface area contributed by atoms with Crippen molar-refractivity contribution in [3.05, 3.63) is 28.8 Å². The molecular formula is C16H22ClF3N2O2. The van der Waals surface area contributed by atoms with E-state index in [4.69, 9.17) is 16.3 Å². The Morgan fingerprint density at radius 3 is 2.50 bits per heavy atom. The topological polar surface area (TPSA) is 35.9 Å². The summed E-state index contributed by atoms with van der Waals surface area (Å²) in [4.78, 5) is 3.98. The first-order valence-electron chi connectivity index (χ1n) is 7.91. The SMILES string of the molecule is CCOCC(O)CN1CCN(c2ccc(Cl)c(C(F)(F)F)c2)CC1. The standard InChI is InChI=1S/C16H22ClF3N2O2/c1-2-24-11-13(23)10-21-5-7-22(8-6-21)12-3-4-15(17)14(9-12)16(18,19)20/h3-4,9,13,23H,2,5-8,10-11H2,1H3. The molecule has 8 heteroatoms. The first-order chi connectivity index (χ1) is 11.3. The number of aliphatic hydroxyl groups excluding tert-OH is 1. The van der Waals surface area contributed by atoms with Crippen LogP contribution in [0.5, 0.6) is 0 Å². The molecule has 1 saturated heterocycles. The molecule has 1 fully saturated rings. The zero-order valence-electron chi connectivity index (χ0n) is 13.5. The van der Waals surface area contributed by atoms with E-state index in [1.165, 1.54) is 6.07 Å². The van der Waals surface area contributed by atoms with Crippen molar-refractivity contribution in [2.45, 2.75) is 19.2 Å². The van der Waals surface area contributed by atoms with Crippen LogP contribution < -0.4 is 4.90 Å². The molecule has 0 saturated carbocycles. The van der Waals surface area contributed by atoms with E-state index in [1.807, 2.05) is 11.8 Å². The van der Waals surface area contributed by atoms with E-state index >= 15 is 0 Å². The van der Waals surface area contributed by atoms with Crippen molar-refractivity contribution in [2.75, 3.05) is 50.8 Å². The second-order valence-electron chi connectivity index (χ2n) is 5.76. The summed E-state index contributed by atoms with van der Waals surface area (Å²) < 4.78 is 44.0. The third-order valence-corrected chi connectivity index (χ3v) is 4.31. The van der Waals surface area contributed by atoms with Crippen molar-refractivity contribution < 1.29 is 23.0 Å². The highest BCUT2D eigenvalue weighted by atomic mass is 35.5. The Balaban J connectivity index is 1.93. The van der Waals surface area contributed by atoms with E-state index in [0.717, 1.165) is 6.07 Å². The molecule has 2 rings (SSSR count). The minimum Gasteiger partial charge on any atom is -0.389 e. The number of rotatable bonds is 6. The Kier molecular flexibility index (Phi) is 6.74. The van der Waals surface area contributed by atoms with Gasteiger partial charge in [-0.3, -0.25) is 4.90 Å². The van der Waals surface area contributed by atoms with Gasteiger partial charge in [0, 0.05) is 45.0 Å². The molecule has 1 unspecified atom stereocenters. The minimum atomic E-state index is -4.46. The molecule has 136 valence electrons. The maximum absolute atomic E-state index is 13.0. The van der Waals surface area contributed by atoms with Crippen LogP contribution in [0, 0.1) is 0 Å². The molecule has 1 heterocycles. The van der Waals surface area contributed by atoms with Crippen LogP contribution in [0.2, 0.25) is 5.02 Å². The third-order valence-electron chi connectivity index (χ3n) is 3.98. The van der Waals surface area contributed by atoms with Crippen molar-refractivity contribution >= 4 is 17.3 Å². The normalized spacial score (nSPS) is 18.0. The predicted molar refractivity (Wildman–Crippen MR) is 87.6 cm³/mol. The maximum Gasteiger partial charge on any atom is 0.417 e. The zero-order chi connectivity index (χ0) is 17.7. The minimum absolute atomic E-state index is 0.288. The number of β-amino-alcohol motifs (C(OH)–C–C–N with tert-alkyl or cyclic N) is 1. The first-order valence-corrected chi connectivity index (χ1v) is 8.29. The van der Waals surface area contributed by atoms with Gasteiger partial charge in [0.2, 0.25) is 0 Å². The lowest BCUT2D eigenvalue weighted by atomic mass is 10.1. The second-order valence-corrected chi connectivity index (χ2v) is 6.17. The molecule has 0 aromatic heterocycles. The van der Waals surface area contributed by atoms with E-state index in [9.17, 15) is 18.3 Å². The van der Waals surface area contributed by atoms with E-state index in [1.54, 1.807) is 6.07 Å². The van der Waals surface area contributed by atoms with Gasteiger partial charge in [-0.05, 0) is 25.1 Å². The Labute approximate surface area is 144 Å². The molecule has 1 atom stereocenters. The number of hydrogen-bond donors (Lipinski definition) is 1. The Hall–Kier alpha value is -1.02. The van der Waals surface area contributed by atoms with Gasteiger partial charge in [-0.2, -0.15) is 13.2 Å². The number of benzene rings is 1. The van der Waals surface area contributed by atoms with Gasteiger partial charge in [-0.1, -0.05) is 11.6 Å². The van der Waals surface area contributed by atoms with Gasteiger partial charge in [0.1, 0.15) is 0 Å². The lowest BCUT2D eigenvalue weighted by molar-refractivity contribution is -0.137. The van der Waals surface area contributed by atoms with Crippen LogP contribution in [-0.2, 0) is 10.9 Å². The zero-order valence-corrected chi connectivity index (χ0v) is 14.3. The molecule has 0 amide bonds. The smallest absolute Gasteiger partial charge is 0.389 e. The molecule has 4 nitrogen and oxygen atoms in total. The number of halogens is 4. The van der Waals surface area contributed by atoms with Gasteiger partial charge in [0.05, 0.1) is 23.3 Å². The summed E-state index contributed by atoms with van der Waals surface area (Å²) >= 11 is 5.66. The number of ether oxygens (including phenoxy) is 1. The van der Waals surface area contributed by atoms with Gasteiger partial charge in [-0.15, -0.1) is 0 Å². The summed E-state index contributed by atoms with van der Waals surface area (Å²) in [6, 6.07) is 4.00. The number of nitrogens with zero attached hydrogens (tertiary/aromatic N) is 2. The summed E-state index contributed by atoms with van der Waals surface area (Å²) in [6.45, 7) is 5.77. The van der Waals surface area contributed by atoms with Crippen molar-refractivity contribution in [3.8, 4) is 0 Å². The summed E-state index contributed by atoms with van der Waals surface area (Å²) in [6.07, 6.45) is -5.01. The van der Waals surface area contributed by atoms with Crippen LogP contribution >= 0.6 is 11.6 Å². The van der Waals surface area contributed by atoms with E-state index in [0.29, 0.717) is 51.6 Å². The summed E-state index contributed by atoms with van der Waals surface area (Å²) in [5, 5.41) is 9.56. The molecule has 0 radical (unpaired) electrons. The molecule has 24 heavy (non-hydrogen) atoms. The van der Waals surface area contributed by atoms with Crippen LogP contribution in [0.3, 0.4) is 0 Å². The average molecular weight is 367 g/mol. The number of piperazine rings is 1. The Morgan fingerprint density at radius 2 is 1.92 bits per heavy atom. The molecule has 1 aliphatic rings. The fraction of sp³-hybridized carbons (Fsp3) is 0.625. The lowest BCUT2D eigenvalue weighted by Gasteiger charge is -2.37. The molecular weight excluding hydrogens is 345 g/mol. The maximum atomic E-state index is 13.0. The summed E-state index contributed by atoms with van der Waals surface area (Å²) in [7, 11) is 0. The van der Waals surface area contributed by atoms with Crippen molar-refractivity contribution in [2.24, 2.45) is 0 Å². The molecule has 1 aromatic rings. The Bertz CT molecular complexity index is 535. The van der Waals surface area contributed by atoms with Gasteiger partial charge >= 0.3 is 6.18 Å². The van der Waals surface area contributed by atoms with Crippen molar-refractivity contribution in [1.29, 1.82) is 0 Å². The lowest BCUT2D eigenvalue weighted by Crippen LogP contribution is -2.49. The fourth-order valence-electron chi connectivity index (χ4n) is 2.72.